The van der Waals surface area contributed by atoms with Crippen LogP contribution in [0.4, 0.5) is 0 Å². The van der Waals surface area contributed by atoms with Gasteiger partial charge in [-0.1, -0.05) is 5.92 Å². The molecule has 0 saturated carbocycles. The van der Waals surface area contributed by atoms with Crippen molar-refractivity contribution in [2.45, 2.75) is 6.92 Å². The molecule has 1 N–H and O–H groups in total. The van der Waals surface area contributed by atoms with Crippen LogP contribution in [0.3, 0.4) is 0 Å². The van der Waals surface area contributed by atoms with E-state index in [0.29, 0.717) is 5.56 Å². The van der Waals surface area contributed by atoms with Crippen LogP contribution in [0.2, 0.25) is 0 Å². The average Bonchev–Trinajstić information content (AvgIpc) is 2.16. The van der Waals surface area contributed by atoms with Crippen LogP contribution in [-0.4, -0.2) is 10.9 Å². The molecule has 14 heavy (non-hydrogen) atoms. The van der Waals surface area contributed by atoms with E-state index < -0.39 is 0 Å². The van der Waals surface area contributed by atoms with E-state index in [0.717, 1.165) is 0 Å². The Morgan fingerprint density at radius 2 is 2.21 bits per heavy atom. The molecule has 0 aliphatic rings. The lowest BCUT2D eigenvalue weighted by Gasteiger charge is -1.99. The second-order valence-electron chi connectivity index (χ2n) is 2.65. The second kappa shape index (κ2) is 4.11. The molecule has 0 aliphatic heterocycles. The number of hydrogen-bond donors (Lipinski definition) is 1. The SMILES string of the molecule is CC(=O)c1cc(C#CC#N)ccc1O. The van der Waals surface area contributed by atoms with E-state index in [4.69, 9.17) is 5.26 Å². The minimum Gasteiger partial charge on any atom is -0.507 e. The molecule has 1 rings (SSSR count). The topological polar surface area (TPSA) is 61.1 Å². The molecule has 0 fully saturated rings. The van der Waals surface area contributed by atoms with Crippen LogP contribution < -0.4 is 0 Å². The standard InChI is InChI=1S/C11H7NO2/c1-8(13)10-7-9(3-2-6-12)4-5-11(10)14/h4-5,7,14H,1H3. The van der Waals surface area contributed by atoms with Crippen LogP contribution in [0.15, 0.2) is 18.2 Å². The Balaban J connectivity index is 3.21. The van der Waals surface area contributed by atoms with Gasteiger partial charge in [0.15, 0.2) is 11.9 Å². The summed E-state index contributed by atoms with van der Waals surface area (Å²) in [7, 11) is 0. The molecule has 0 amide bonds. The molecule has 0 spiro atoms. The van der Waals surface area contributed by atoms with Crippen molar-refractivity contribution in [3.8, 4) is 23.7 Å². The Hall–Kier alpha value is -2.26. The number of benzene rings is 1. The normalized spacial score (nSPS) is 8.29. The molecule has 0 saturated heterocycles. The quantitative estimate of drug-likeness (QED) is 0.532. The number of phenols is 1. The smallest absolute Gasteiger partial charge is 0.163 e. The fraction of sp³-hybridized carbons (Fsp3) is 0.0909. The van der Waals surface area contributed by atoms with E-state index in [-0.39, 0.29) is 17.1 Å². The monoisotopic (exact) mass is 185 g/mol. The highest BCUT2D eigenvalue weighted by Gasteiger charge is 2.05. The van der Waals surface area contributed by atoms with Gasteiger partial charge in [-0.15, -0.1) is 0 Å². The zero-order valence-electron chi connectivity index (χ0n) is 7.53. The van der Waals surface area contributed by atoms with Crippen molar-refractivity contribution >= 4 is 5.78 Å². The number of phenolic OH excluding ortho intramolecular Hbond substituents is 1. The maximum absolute atomic E-state index is 11.0. The minimum absolute atomic E-state index is 0.0694. The average molecular weight is 185 g/mol. The van der Waals surface area contributed by atoms with E-state index in [1.807, 2.05) is 0 Å². The number of rotatable bonds is 1. The molecule has 0 unspecified atom stereocenters. The fourth-order valence-corrected chi connectivity index (χ4v) is 0.996. The van der Waals surface area contributed by atoms with E-state index in [2.05, 4.69) is 11.8 Å². The van der Waals surface area contributed by atoms with Crippen molar-refractivity contribution in [3.63, 3.8) is 0 Å². The molecule has 0 aliphatic carbocycles. The minimum atomic E-state index is -0.233. The van der Waals surface area contributed by atoms with Gasteiger partial charge in [-0.05, 0) is 25.1 Å². The first-order chi connectivity index (χ1) is 6.65. The van der Waals surface area contributed by atoms with E-state index in [1.165, 1.54) is 19.1 Å². The van der Waals surface area contributed by atoms with Crippen LogP contribution in [-0.2, 0) is 0 Å². The van der Waals surface area contributed by atoms with Gasteiger partial charge in [0.25, 0.3) is 0 Å². The number of ketones is 1. The van der Waals surface area contributed by atoms with Crippen molar-refractivity contribution in [3.05, 3.63) is 29.3 Å². The largest absolute Gasteiger partial charge is 0.507 e. The first-order valence-corrected chi connectivity index (χ1v) is 3.89. The van der Waals surface area contributed by atoms with Crippen LogP contribution in [0, 0.1) is 23.2 Å². The maximum Gasteiger partial charge on any atom is 0.163 e. The summed E-state index contributed by atoms with van der Waals surface area (Å²) in [6.07, 6.45) is 0. The third-order valence-electron chi connectivity index (χ3n) is 1.64. The Kier molecular flexibility index (Phi) is 2.89. The maximum atomic E-state index is 11.0. The highest BCUT2D eigenvalue weighted by molar-refractivity contribution is 5.97. The van der Waals surface area contributed by atoms with Gasteiger partial charge in [-0.25, -0.2) is 0 Å². The molecule has 0 radical (unpaired) electrons. The van der Waals surface area contributed by atoms with Gasteiger partial charge >= 0.3 is 0 Å². The van der Waals surface area contributed by atoms with Crippen molar-refractivity contribution in [2.24, 2.45) is 0 Å². The summed E-state index contributed by atoms with van der Waals surface area (Å²) in [6.45, 7) is 1.36. The van der Waals surface area contributed by atoms with E-state index >= 15 is 0 Å². The number of Topliss-reactive ketones (excluding diaryl/α,β-unsaturated/α-hetero) is 1. The van der Waals surface area contributed by atoms with Crippen LogP contribution in [0.1, 0.15) is 22.8 Å². The predicted molar refractivity (Wildman–Crippen MR) is 50.6 cm³/mol. The van der Waals surface area contributed by atoms with Gasteiger partial charge in [0.2, 0.25) is 0 Å². The summed E-state index contributed by atoms with van der Waals surface area (Å²) in [6, 6.07) is 6.07. The Labute approximate surface area is 81.6 Å². The molecular weight excluding hydrogens is 178 g/mol. The highest BCUT2D eigenvalue weighted by Crippen LogP contribution is 2.18. The van der Waals surface area contributed by atoms with Gasteiger partial charge in [-0.2, -0.15) is 5.26 Å². The molecular formula is C11H7NO2. The Morgan fingerprint density at radius 3 is 2.79 bits per heavy atom. The van der Waals surface area contributed by atoms with Crippen molar-refractivity contribution in [1.29, 1.82) is 5.26 Å². The molecule has 68 valence electrons. The fourth-order valence-electron chi connectivity index (χ4n) is 0.996. The third-order valence-corrected chi connectivity index (χ3v) is 1.64. The predicted octanol–water partition coefficient (Wildman–Crippen LogP) is 1.47. The molecule has 3 heteroatoms. The molecule has 1 aromatic rings. The van der Waals surface area contributed by atoms with Gasteiger partial charge in [0.05, 0.1) is 5.56 Å². The summed E-state index contributed by atoms with van der Waals surface area (Å²) in [5, 5.41) is 17.5. The summed E-state index contributed by atoms with van der Waals surface area (Å²) in [5.74, 6) is 4.45. The van der Waals surface area contributed by atoms with Crippen molar-refractivity contribution < 1.29 is 9.90 Å². The number of nitriles is 1. The van der Waals surface area contributed by atoms with E-state index in [1.54, 1.807) is 12.1 Å². The summed E-state index contributed by atoms with van der Waals surface area (Å²) < 4.78 is 0. The molecule has 0 heterocycles. The lowest BCUT2D eigenvalue weighted by atomic mass is 10.1. The van der Waals surface area contributed by atoms with E-state index in [9.17, 15) is 9.90 Å². The molecule has 0 aromatic heterocycles. The number of hydrogen-bond acceptors (Lipinski definition) is 3. The van der Waals surface area contributed by atoms with Gasteiger partial charge in [-0.3, -0.25) is 4.79 Å². The molecule has 0 atom stereocenters. The lowest BCUT2D eigenvalue weighted by Crippen LogP contribution is -1.93. The summed E-state index contributed by atoms with van der Waals surface area (Å²) in [5.41, 5.74) is 0.754. The first kappa shape index (κ1) is 9.83. The zero-order valence-corrected chi connectivity index (χ0v) is 7.53. The number of aromatic hydroxyl groups is 1. The summed E-state index contributed by atoms with van der Waals surface area (Å²) >= 11 is 0. The molecule has 0 bridgehead atoms. The summed E-state index contributed by atoms with van der Waals surface area (Å²) in [4.78, 5) is 11.0. The Bertz CT molecular complexity index is 472. The van der Waals surface area contributed by atoms with Crippen LogP contribution in [0.5, 0.6) is 5.75 Å². The number of carbonyl (C=O) groups is 1. The highest BCUT2D eigenvalue weighted by atomic mass is 16.3. The van der Waals surface area contributed by atoms with Crippen LogP contribution in [0.25, 0.3) is 0 Å². The lowest BCUT2D eigenvalue weighted by molar-refractivity contribution is 0.101. The zero-order chi connectivity index (χ0) is 10.6. The molecule has 1 aromatic carbocycles. The second-order valence-corrected chi connectivity index (χ2v) is 2.65. The van der Waals surface area contributed by atoms with Gasteiger partial charge < -0.3 is 5.11 Å². The first-order valence-electron chi connectivity index (χ1n) is 3.89. The van der Waals surface area contributed by atoms with Gasteiger partial charge in [0.1, 0.15) is 5.75 Å². The number of carbonyl (C=O) groups excluding carboxylic acids is 1. The van der Waals surface area contributed by atoms with Crippen molar-refractivity contribution in [1.82, 2.24) is 0 Å². The molecule has 3 nitrogen and oxygen atoms in total. The Morgan fingerprint density at radius 1 is 1.50 bits per heavy atom. The van der Waals surface area contributed by atoms with Gasteiger partial charge in [0, 0.05) is 11.5 Å². The van der Waals surface area contributed by atoms with Crippen molar-refractivity contribution in [2.75, 3.05) is 0 Å². The number of nitrogens with zero attached hydrogens (tertiary/aromatic N) is 1. The third kappa shape index (κ3) is 2.12. The van der Waals surface area contributed by atoms with Crippen LogP contribution >= 0.6 is 0 Å².